The van der Waals surface area contributed by atoms with E-state index in [-0.39, 0.29) is 29.4 Å². The van der Waals surface area contributed by atoms with E-state index < -0.39 is 5.79 Å². The number of esters is 1. The Kier molecular flexibility index (Phi) is 3.30. The third kappa shape index (κ3) is 1.65. The Balaban J connectivity index is 1.46. The summed E-state index contributed by atoms with van der Waals surface area (Å²) in [4.78, 5) is 14.9. The van der Waals surface area contributed by atoms with E-state index in [2.05, 4.69) is 18.7 Å². The molecule has 6 heterocycles. The van der Waals surface area contributed by atoms with Crippen LogP contribution >= 0.6 is 0 Å². The van der Waals surface area contributed by atoms with Gasteiger partial charge in [0, 0.05) is 17.9 Å². The van der Waals surface area contributed by atoms with Crippen LogP contribution in [0.4, 0.5) is 0 Å². The van der Waals surface area contributed by atoms with E-state index in [4.69, 9.17) is 18.9 Å². The lowest BCUT2D eigenvalue weighted by molar-refractivity contribution is -0.256. The molecular formula is C22H29NO5. The van der Waals surface area contributed by atoms with Crippen molar-refractivity contribution >= 4 is 5.97 Å². The van der Waals surface area contributed by atoms with Gasteiger partial charge in [0.2, 0.25) is 11.5 Å². The largest absolute Gasteiger partial charge is 0.492 e. The van der Waals surface area contributed by atoms with E-state index in [1.54, 1.807) is 14.0 Å². The highest BCUT2D eigenvalue weighted by Gasteiger charge is 2.84. The van der Waals surface area contributed by atoms with E-state index in [0.29, 0.717) is 29.1 Å². The molecule has 0 aromatic heterocycles. The summed E-state index contributed by atoms with van der Waals surface area (Å²) in [5.41, 5.74) is 0.659. The first-order valence-corrected chi connectivity index (χ1v) is 10.8. The van der Waals surface area contributed by atoms with Gasteiger partial charge < -0.3 is 18.9 Å². The molecule has 5 fully saturated rings. The van der Waals surface area contributed by atoms with Crippen molar-refractivity contribution in [3.63, 3.8) is 0 Å². The minimum absolute atomic E-state index is 0.134. The number of hydrogen-bond acceptors (Lipinski definition) is 6. The first-order valence-electron chi connectivity index (χ1n) is 10.8. The van der Waals surface area contributed by atoms with Gasteiger partial charge in [-0.05, 0) is 32.7 Å². The van der Waals surface area contributed by atoms with Crippen LogP contribution in [0.3, 0.4) is 0 Å². The number of carbonyl (C=O) groups is 1. The van der Waals surface area contributed by atoms with Crippen molar-refractivity contribution in [1.82, 2.24) is 4.90 Å². The Bertz CT molecular complexity index is 833. The van der Waals surface area contributed by atoms with Crippen molar-refractivity contribution < 1.29 is 23.7 Å². The van der Waals surface area contributed by atoms with Crippen LogP contribution in [0.2, 0.25) is 0 Å². The van der Waals surface area contributed by atoms with E-state index in [1.165, 1.54) is 19.3 Å². The molecule has 6 heteroatoms. The lowest BCUT2D eigenvalue weighted by atomic mass is 9.69. The van der Waals surface area contributed by atoms with E-state index in [1.807, 2.05) is 0 Å². The van der Waals surface area contributed by atoms with Crippen molar-refractivity contribution in [2.45, 2.75) is 76.3 Å². The molecule has 6 aliphatic heterocycles. The molecule has 0 aliphatic carbocycles. The zero-order valence-electron chi connectivity index (χ0n) is 17.1. The molecule has 28 heavy (non-hydrogen) atoms. The minimum Gasteiger partial charge on any atom is -0.492 e. The van der Waals surface area contributed by atoms with E-state index in [0.717, 1.165) is 25.1 Å². The standard InChI is InChI=1S/C22H29NO5/c1-5-6-8-21-14-7-9-23(21)13-10-15(21)27-22(14)16(13)11(2)18(28-22)19-17(25-4)12(3)20(24)26-19/h11,13-16H,5-10H2,1-4H3/b19-18-/t11-,13-,14?,15+,16+,21-,22+/m0/s1. The maximum atomic E-state index is 12.2. The van der Waals surface area contributed by atoms with E-state index in [9.17, 15) is 4.79 Å². The zero-order chi connectivity index (χ0) is 19.4. The molecule has 0 amide bonds. The molecule has 0 radical (unpaired) electrons. The van der Waals surface area contributed by atoms with Gasteiger partial charge in [0.25, 0.3) is 0 Å². The predicted octanol–water partition coefficient (Wildman–Crippen LogP) is 3.09. The van der Waals surface area contributed by atoms with Gasteiger partial charge in [-0.3, -0.25) is 4.90 Å². The van der Waals surface area contributed by atoms with Crippen LogP contribution in [0.15, 0.2) is 22.9 Å². The van der Waals surface area contributed by atoms with Crippen LogP contribution < -0.4 is 0 Å². The number of rotatable bonds is 4. The van der Waals surface area contributed by atoms with Crippen molar-refractivity contribution in [1.29, 1.82) is 0 Å². The van der Waals surface area contributed by atoms with Crippen molar-refractivity contribution in [3.8, 4) is 0 Å². The average Bonchev–Trinajstić information content (AvgIpc) is 3.38. The molecule has 8 atom stereocenters. The zero-order valence-corrected chi connectivity index (χ0v) is 17.1. The average molecular weight is 387 g/mol. The molecule has 0 aromatic carbocycles. The summed E-state index contributed by atoms with van der Waals surface area (Å²) in [6, 6.07) is 0.496. The molecule has 5 saturated heterocycles. The highest BCUT2D eigenvalue weighted by atomic mass is 16.7. The second-order valence-corrected chi connectivity index (χ2v) is 9.42. The predicted molar refractivity (Wildman–Crippen MR) is 99.6 cm³/mol. The van der Waals surface area contributed by atoms with Crippen LogP contribution in [0.25, 0.3) is 0 Å². The van der Waals surface area contributed by atoms with Gasteiger partial charge in [0.15, 0.2) is 5.76 Å². The van der Waals surface area contributed by atoms with Crippen molar-refractivity contribution in [2.75, 3.05) is 13.7 Å². The summed E-state index contributed by atoms with van der Waals surface area (Å²) in [7, 11) is 1.58. The van der Waals surface area contributed by atoms with Gasteiger partial charge in [-0.25, -0.2) is 4.79 Å². The summed E-state index contributed by atoms with van der Waals surface area (Å²) in [6.45, 7) is 7.37. The molecule has 0 saturated carbocycles. The number of cyclic esters (lactones) is 1. The highest BCUT2D eigenvalue weighted by Crippen LogP contribution is 2.73. The summed E-state index contributed by atoms with van der Waals surface area (Å²) in [6.07, 6.45) is 6.15. The fourth-order valence-electron chi connectivity index (χ4n) is 7.64. The number of ether oxygens (including phenoxy) is 4. The SMILES string of the molecule is CCCC[C@@]12C3CCN1[C@H]1C[C@H]2O[C@@]32O/C(=C3\OC(=O)C(C)=C3OC)[C@@H](C)[C@H]12. The molecule has 2 unspecified atom stereocenters. The molecule has 1 spiro atoms. The number of methoxy groups -OCH3 is 1. The Morgan fingerprint density at radius 1 is 1.36 bits per heavy atom. The van der Waals surface area contributed by atoms with Gasteiger partial charge in [-0.15, -0.1) is 0 Å². The normalized spacial score (nSPS) is 52.5. The number of unbranched alkanes of at least 4 members (excludes halogenated alkanes) is 1. The Hall–Kier alpha value is -1.53. The minimum atomic E-state index is -0.558. The van der Waals surface area contributed by atoms with E-state index >= 15 is 0 Å². The highest BCUT2D eigenvalue weighted by molar-refractivity contribution is 5.93. The first kappa shape index (κ1) is 17.3. The molecule has 6 aliphatic rings. The van der Waals surface area contributed by atoms with Gasteiger partial charge >= 0.3 is 5.97 Å². The fraction of sp³-hybridized carbons (Fsp3) is 0.773. The Morgan fingerprint density at radius 3 is 2.93 bits per heavy atom. The number of hydrogen-bond donors (Lipinski definition) is 0. The van der Waals surface area contributed by atoms with Crippen LogP contribution in [0, 0.1) is 17.8 Å². The van der Waals surface area contributed by atoms with Gasteiger partial charge in [-0.2, -0.15) is 0 Å². The lowest BCUT2D eigenvalue weighted by Gasteiger charge is -2.48. The fourth-order valence-corrected chi connectivity index (χ4v) is 7.64. The number of carbonyl (C=O) groups excluding carboxylic acids is 1. The topological polar surface area (TPSA) is 57.2 Å². The molecule has 0 N–H and O–H groups in total. The van der Waals surface area contributed by atoms with Crippen molar-refractivity contribution in [3.05, 3.63) is 22.9 Å². The quantitative estimate of drug-likeness (QED) is 0.691. The third-order valence-electron chi connectivity index (χ3n) is 8.53. The first-order chi connectivity index (χ1) is 13.5. The summed E-state index contributed by atoms with van der Waals surface area (Å²) in [5, 5.41) is 0. The van der Waals surface area contributed by atoms with Gasteiger partial charge in [0.05, 0.1) is 30.2 Å². The Morgan fingerprint density at radius 2 is 2.18 bits per heavy atom. The maximum absolute atomic E-state index is 12.2. The molecular weight excluding hydrogens is 358 g/mol. The second kappa shape index (κ2) is 5.33. The molecule has 6 rings (SSSR count). The summed E-state index contributed by atoms with van der Waals surface area (Å²) in [5.74, 6) is 1.64. The van der Waals surface area contributed by atoms with Crippen LogP contribution in [0.5, 0.6) is 0 Å². The van der Waals surface area contributed by atoms with Gasteiger partial charge in [-0.1, -0.05) is 26.7 Å². The molecule has 5 bridgehead atoms. The lowest BCUT2D eigenvalue weighted by Crippen LogP contribution is -2.61. The van der Waals surface area contributed by atoms with Crippen LogP contribution in [-0.2, 0) is 23.7 Å². The molecule has 0 aromatic rings. The van der Waals surface area contributed by atoms with Crippen LogP contribution in [-0.4, -0.2) is 48.0 Å². The molecule has 6 nitrogen and oxygen atoms in total. The molecule has 152 valence electrons. The monoisotopic (exact) mass is 387 g/mol. The Labute approximate surface area is 165 Å². The number of piperidine rings is 1. The number of fused-ring (bicyclic) bond motifs is 1. The van der Waals surface area contributed by atoms with Gasteiger partial charge in [0.1, 0.15) is 5.76 Å². The van der Waals surface area contributed by atoms with Crippen LogP contribution in [0.1, 0.15) is 52.9 Å². The summed E-state index contributed by atoms with van der Waals surface area (Å²) < 4.78 is 24.7. The maximum Gasteiger partial charge on any atom is 0.343 e. The number of nitrogens with zero attached hydrogens (tertiary/aromatic N) is 1. The summed E-state index contributed by atoms with van der Waals surface area (Å²) >= 11 is 0. The smallest absolute Gasteiger partial charge is 0.343 e. The second-order valence-electron chi connectivity index (χ2n) is 9.42. The number of allylic oxidation sites excluding steroid dienone is 1. The third-order valence-corrected chi connectivity index (χ3v) is 8.53. The van der Waals surface area contributed by atoms with Crippen molar-refractivity contribution in [2.24, 2.45) is 17.8 Å².